The van der Waals surface area contributed by atoms with Gasteiger partial charge < -0.3 is 9.88 Å². The molecular formula is C20H22N4OS. The van der Waals surface area contributed by atoms with Crippen LogP contribution in [-0.4, -0.2) is 26.4 Å². The van der Waals surface area contributed by atoms with Crippen molar-refractivity contribution in [1.29, 1.82) is 0 Å². The number of anilines is 1. The second-order valence-corrected chi connectivity index (χ2v) is 7.04. The first-order valence-electron chi connectivity index (χ1n) is 8.54. The number of amides is 1. The predicted octanol–water partition coefficient (Wildman–Crippen LogP) is 3.64. The lowest BCUT2D eigenvalue weighted by molar-refractivity contribution is -0.113. The number of carbonyl (C=O) groups is 1. The zero-order chi connectivity index (χ0) is 18.4. The Hall–Kier alpha value is -2.60. The van der Waals surface area contributed by atoms with E-state index in [2.05, 4.69) is 27.6 Å². The summed E-state index contributed by atoms with van der Waals surface area (Å²) in [7, 11) is 1.95. The largest absolute Gasteiger partial charge is 0.325 e. The molecule has 0 spiro atoms. The van der Waals surface area contributed by atoms with E-state index in [0.717, 1.165) is 35.1 Å². The highest BCUT2D eigenvalue weighted by Crippen LogP contribution is 2.18. The van der Waals surface area contributed by atoms with Crippen LogP contribution < -0.4 is 5.32 Å². The summed E-state index contributed by atoms with van der Waals surface area (Å²) in [5, 5.41) is 12.2. The Labute approximate surface area is 157 Å². The lowest BCUT2D eigenvalue weighted by atomic mass is 10.1. The van der Waals surface area contributed by atoms with Gasteiger partial charge in [0, 0.05) is 19.2 Å². The summed E-state index contributed by atoms with van der Waals surface area (Å²) in [6, 6.07) is 18.1. The smallest absolute Gasteiger partial charge is 0.234 e. The van der Waals surface area contributed by atoms with E-state index in [0.29, 0.717) is 5.75 Å². The lowest BCUT2D eigenvalue weighted by Gasteiger charge is -2.08. The fraction of sp³-hybridized carbons (Fsp3) is 0.250. The van der Waals surface area contributed by atoms with Gasteiger partial charge in [0.1, 0.15) is 5.82 Å². The van der Waals surface area contributed by atoms with Gasteiger partial charge in [0.2, 0.25) is 5.91 Å². The minimum absolute atomic E-state index is 0.0434. The Morgan fingerprint density at radius 3 is 2.54 bits per heavy atom. The maximum Gasteiger partial charge on any atom is 0.234 e. The molecule has 1 amide bonds. The van der Waals surface area contributed by atoms with Crippen LogP contribution in [-0.2, 0) is 24.7 Å². The van der Waals surface area contributed by atoms with E-state index in [9.17, 15) is 4.79 Å². The van der Waals surface area contributed by atoms with Crippen molar-refractivity contribution in [3.05, 3.63) is 71.5 Å². The molecule has 2 aromatic carbocycles. The molecule has 5 nitrogen and oxygen atoms in total. The summed E-state index contributed by atoms with van der Waals surface area (Å²) in [6.07, 6.45) is 1.74. The summed E-state index contributed by atoms with van der Waals surface area (Å²) in [5.74, 6) is 1.19. The van der Waals surface area contributed by atoms with E-state index in [4.69, 9.17) is 0 Å². The topological polar surface area (TPSA) is 59.8 Å². The molecule has 0 radical (unpaired) electrons. The zero-order valence-corrected chi connectivity index (χ0v) is 15.8. The summed E-state index contributed by atoms with van der Waals surface area (Å²) >= 11 is 1.40. The van der Waals surface area contributed by atoms with Crippen molar-refractivity contribution in [2.24, 2.45) is 7.05 Å². The molecule has 0 atom stereocenters. The van der Waals surface area contributed by atoms with Gasteiger partial charge in [0.15, 0.2) is 5.16 Å². The molecule has 0 fully saturated rings. The SMILES string of the molecule is Cc1ccccc1NC(=O)CSc1nnc(CCc2ccccc2)n1C. The van der Waals surface area contributed by atoms with Crippen molar-refractivity contribution >= 4 is 23.4 Å². The second kappa shape index (κ2) is 8.67. The van der Waals surface area contributed by atoms with Crippen LogP contribution in [0.5, 0.6) is 0 Å². The number of para-hydroxylation sites is 1. The molecule has 0 aliphatic rings. The van der Waals surface area contributed by atoms with Crippen LogP contribution in [0.2, 0.25) is 0 Å². The van der Waals surface area contributed by atoms with Crippen molar-refractivity contribution in [2.75, 3.05) is 11.1 Å². The van der Waals surface area contributed by atoms with E-state index in [1.54, 1.807) is 0 Å². The van der Waals surface area contributed by atoms with Crippen LogP contribution in [0.15, 0.2) is 59.8 Å². The average Bonchev–Trinajstić information content (AvgIpc) is 3.01. The minimum atomic E-state index is -0.0434. The summed E-state index contributed by atoms with van der Waals surface area (Å²) in [5.41, 5.74) is 3.18. The van der Waals surface area contributed by atoms with E-state index < -0.39 is 0 Å². The molecule has 0 bridgehead atoms. The first kappa shape index (κ1) is 18.2. The van der Waals surface area contributed by atoms with Crippen LogP contribution in [0.3, 0.4) is 0 Å². The third kappa shape index (κ3) is 4.73. The van der Waals surface area contributed by atoms with E-state index in [-0.39, 0.29) is 5.91 Å². The molecular weight excluding hydrogens is 344 g/mol. The Bertz CT molecular complexity index is 877. The molecule has 0 aliphatic carbocycles. The van der Waals surface area contributed by atoms with Crippen LogP contribution >= 0.6 is 11.8 Å². The average molecular weight is 366 g/mol. The van der Waals surface area contributed by atoms with Crippen molar-refractivity contribution in [3.8, 4) is 0 Å². The third-order valence-corrected chi connectivity index (χ3v) is 5.18. The van der Waals surface area contributed by atoms with E-state index >= 15 is 0 Å². The van der Waals surface area contributed by atoms with Gasteiger partial charge in [-0.1, -0.05) is 60.3 Å². The highest BCUT2D eigenvalue weighted by Gasteiger charge is 2.12. The molecule has 134 valence electrons. The van der Waals surface area contributed by atoms with Gasteiger partial charge in [-0.25, -0.2) is 0 Å². The molecule has 0 saturated heterocycles. The fourth-order valence-corrected chi connectivity index (χ4v) is 3.35. The molecule has 6 heteroatoms. The number of nitrogens with one attached hydrogen (secondary N) is 1. The van der Waals surface area contributed by atoms with Crippen LogP contribution in [0.25, 0.3) is 0 Å². The predicted molar refractivity (Wildman–Crippen MR) is 105 cm³/mol. The minimum Gasteiger partial charge on any atom is -0.325 e. The Kier molecular flexibility index (Phi) is 6.07. The monoisotopic (exact) mass is 366 g/mol. The maximum atomic E-state index is 12.2. The molecule has 1 aromatic heterocycles. The lowest BCUT2D eigenvalue weighted by Crippen LogP contribution is -2.15. The number of nitrogens with zero attached hydrogens (tertiary/aromatic N) is 3. The van der Waals surface area contributed by atoms with Crippen molar-refractivity contribution in [2.45, 2.75) is 24.9 Å². The number of carbonyl (C=O) groups excluding carboxylic acids is 1. The second-order valence-electron chi connectivity index (χ2n) is 6.10. The van der Waals surface area contributed by atoms with Crippen molar-refractivity contribution in [1.82, 2.24) is 14.8 Å². The van der Waals surface area contributed by atoms with Crippen LogP contribution in [0, 0.1) is 6.92 Å². The fourth-order valence-electron chi connectivity index (χ4n) is 2.62. The van der Waals surface area contributed by atoms with E-state index in [1.165, 1.54) is 17.3 Å². The van der Waals surface area contributed by atoms with Crippen molar-refractivity contribution in [3.63, 3.8) is 0 Å². The number of hydrogen-bond donors (Lipinski definition) is 1. The van der Waals surface area contributed by atoms with Crippen molar-refractivity contribution < 1.29 is 4.79 Å². The number of aryl methyl sites for hydroxylation is 3. The molecule has 1 heterocycles. The quantitative estimate of drug-likeness (QED) is 0.649. The van der Waals surface area contributed by atoms with Gasteiger partial charge in [0.05, 0.1) is 5.75 Å². The molecule has 0 saturated carbocycles. The molecule has 1 N–H and O–H groups in total. The van der Waals surface area contributed by atoms with Gasteiger partial charge >= 0.3 is 0 Å². The first-order chi connectivity index (χ1) is 12.6. The van der Waals surface area contributed by atoms with Gasteiger partial charge in [-0.15, -0.1) is 10.2 Å². The number of thioether (sulfide) groups is 1. The highest BCUT2D eigenvalue weighted by atomic mass is 32.2. The van der Waals surface area contributed by atoms with Gasteiger partial charge in [0.25, 0.3) is 0 Å². The van der Waals surface area contributed by atoms with Gasteiger partial charge in [-0.05, 0) is 30.5 Å². The molecule has 26 heavy (non-hydrogen) atoms. The van der Waals surface area contributed by atoms with Gasteiger partial charge in [-0.2, -0.15) is 0 Å². The van der Waals surface area contributed by atoms with Crippen LogP contribution in [0.1, 0.15) is 17.0 Å². The highest BCUT2D eigenvalue weighted by molar-refractivity contribution is 7.99. The normalized spacial score (nSPS) is 10.7. The third-order valence-electron chi connectivity index (χ3n) is 4.16. The number of rotatable bonds is 7. The summed E-state index contributed by atoms with van der Waals surface area (Å²) in [6.45, 7) is 1.98. The van der Waals surface area contributed by atoms with Crippen LogP contribution in [0.4, 0.5) is 5.69 Å². The molecule has 3 rings (SSSR count). The molecule has 0 unspecified atom stereocenters. The standard InChI is InChI=1S/C20H22N4OS/c1-15-8-6-7-11-17(15)21-19(25)14-26-20-23-22-18(24(20)2)13-12-16-9-4-3-5-10-16/h3-11H,12-14H2,1-2H3,(H,21,25). The van der Waals surface area contributed by atoms with E-state index in [1.807, 2.05) is 61.0 Å². The number of hydrogen-bond acceptors (Lipinski definition) is 4. The summed E-state index contributed by atoms with van der Waals surface area (Å²) < 4.78 is 1.97. The number of benzene rings is 2. The molecule has 3 aromatic rings. The number of aromatic nitrogens is 3. The maximum absolute atomic E-state index is 12.2. The first-order valence-corrected chi connectivity index (χ1v) is 9.52. The Morgan fingerprint density at radius 1 is 1.04 bits per heavy atom. The van der Waals surface area contributed by atoms with Gasteiger partial charge in [-0.3, -0.25) is 4.79 Å². The zero-order valence-electron chi connectivity index (χ0n) is 15.0. The summed E-state index contributed by atoms with van der Waals surface area (Å²) in [4.78, 5) is 12.2. The Balaban J connectivity index is 1.53. The Morgan fingerprint density at radius 2 is 1.77 bits per heavy atom. The molecule has 0 aliphatic heterocycles.